The predicted octanol–water partition coefficient (Wildman–Crippen LogP) is 2.95. The summed E-state index contributed by atoms with van der Waals surface area (Å²) in [5.41, 5.74) is 4.24. The number of halogens is 2. The summed E-state index contributed by atoms with van der Waals surface area (Å²) >= 11 is 12.8. The molecule has 134 valence electrons. The number of hydrogen-bond donors (Lipinski definition) is 2. The molecule has 0 radical (unpaired) electrons. The first-order valence-electron chi connectivity index (χ1n) is 8.69. The topological polar surface area (TPSA) is 59.6 Å². The van der Waals surface area contributed by atoms with Crippen molar-refractivity contribution in [2.75, 3.05) is 26.2 Å². The maximum absolute atomic E-state index is 11.9. The zero-order valence-electron chi connectivity index (χ0n) is 13.9. The smallest absolute Gasteiger partial charge is 0.248 e. The van der Waals surface area contributed by atoms with E-state index in [9.17, 15) is 9.90 Å². The number of amides is 1. The molecule has 4 rings (SSSR count). The van der Waals surface area contributed by atoms with E-state index in [1.807, 2.05) is 6.07 Å². The maximum Gasteiger partial charge on any atom is 0.248 e. The van der Waals surface area contributed by atoms with Crippen molar-refractivity contribution >= 4 is 40.0 Å². The summed E-state index contributed by atoms with van der Waals surface area (Å²) in [6, 6.07) is 1.96. The Balaban J connectivity index is 1.80. The number of hydrogen-bond acceptors (Lipinski definition) is 3. The fourth-order valence-corrected chi connectivity index (χ4v) is 4.46. The van der Waals surface area contributed by atoms with E-state index in [-0.39, 0.29) is 5.91 Å². The van der Waals surface area contributed by atoms with Gasteiger partial charge in [-0.25, -0.2) is 0 Å². The predicted molar refractivity (Wildman–Crippen MR) is 99.0 cm³/mol. The molecule has 0 spiro atoms. The molecule has 0 saturated carbocycles. The Hall–Kier alpha value is -1.27. The van der Waals surface area contributed by atoms with Crippen LogP contribution in [0.4, 0.5) is 0 Å². The largest absolute Gasteiger partial charge is 0.387 e. The van der Waals surface area contributed by atoms with E-state index < -0.39 is 6.61 Å². The van der Waals surface area contributed by atoms with E-state index in [4.69, 9.17) is 23.2 Å². The molecule has 1 amide bonds. The lowest BCUT2D eigenvalue weighted by Gasteiger charge is -2.27. The zero-order chi connectivity index (χ0) is 17.6. The fourth-order valence-electron chi connectivity index (χ4n) is 4.04. The molecular weight excluding hydrogens is 361 g/mol. The molecule has 1 aromatic heterocycles. The van der Waals surface area contributed by atoms with Crippen molar-refractivity contribution in [1.29, 1.82) is 0 Å². The first-order chi connectivity index (χ1) is 12.1. The highest BCUT2D eigenvalue weighted by Gasteiger charge is 2.27. The average Bonchev–Trinajstić information content (AvgIpc) is 3.25. The summed E-state index contributed by atoms with van der Waals surface area (Å²) in [7, 11) is 0. The average molecular weight is 382 g/mol. The summed E-state index contributed by atoms with van der Waals surface area (Å²) < 4.78 is 0. The van der Waals surface area contributed by atoms with E-state index in [0.717, 1.165) is 53.8 Å². The van der Waals surface area contributed by atoms with Gasteiger partial charge in [0.2, 0.25) is 5.91 Å². The molecule has 7 heteroatoms. The quantitative estimate of drug-likeness (QED) is 0.858. The molecule has 2 aromatic rings. The second-order valence-electron chi connectivity index (χ2n) is 6.87. The van der Waals surface area contributed by atoms with Gasteiger partial charge in [-0.2, -0.15) is 0 Å². The van der Waals surface area contributed by atoms with Gasteiger partial charge in [-0.05, 0) is 37.6 Å². The Morgan fingerprint density at radius 3 is 2.72 bits per heavy atom. The molecular formula is C18H21Cl2N3O2. The number of rotatable bonds is 3. The Kier molecular flexibility index (Phi) is 4.67. The van der Waals surface area contributed by atoms with Gasteiger partial charge < -0.3 is 15.0 Å². The van der Waals surface area contributed by atoms with Gasteiger partial charge >= 0.3 is 0 Å². The van der Waals surface area contributed by atoms with Crippen molar-refractivity contribution in [3.8, 4) is 0 Å². The van der Waals surface area contributed by atoms with Gasteiger partial charge in [-0.1, -0.05) is 23.2 Å². The van der Waals surface area contributed by atoms with Crippen molar-refractivity contribution in [2.45, 2.75) is 32.4 Å². The van der Waals surface area contributed by atoms with Crippen LogP contribution in [0.5, 0.6) is 0 Å². The number of aliphatic hydroxyl groups excluding tert-OH is 1. The first-order valence-corrected chi connectivity index (χ1v) is 9.45. The van der Waals surface area contributed by atoms with Crippen LogP contribution < -0.4 is 0 Å². The number of nitrogens with zero attached hydrogens (tertiary/aromatic N) is 2. The standard InChI is InChI=1S/C18H21Cl2N3O2/c19-13-7-11(8-22-4-1-2-5-22)16-12-9-23(15(25)10-24)6-3-14(12)21-18(16)17(13)20/h7,21,24H,1-6,8-10H2. The Labute approximate surface area is 156 Å². The van der Waals surface area contributed by atoms with Crippen LogP contribution in [-0.4, -0.2) is 52.0 Å². The van der Waals surface area contributed by atoms with Gasteiger partial charge in [-0.3, -0.25) is 9.69 Å². The number of nitrogens with one attached hydrogen (secondary N) is 1. The summed E-state index contributed by atoms with van der Waals surface area (Å²) in [4.78, 5) is 19.5. The molecule has 1 aromatic carbocycles. The van der Waals surface area contributed by atoms with Gasteiger partial charge in [-0.15, -0.1) is 0 Å². The van der Waals surface area contributed by atoms with Gasteiger partial charge in [0.15, 0.2) is 0 Å². The third-order valence-corrected chi connectivity index (χ3v) is 6.09. The molecule has 25 heavy (non-hydrogen) atoms. The SMILES string of the molecule is O=C(CO)N1CCc2[nH]c3c(Cl)c(Cl)cc(CN4CCCC4)c3c2C1. The van der Waals surface area contributed by atoms with Crippen LogP contribution in [0, 0.1) is 0 Å². The highest BCUT2D eigenvalue weighted by Crippen LogP contribution is 2.39. The summed E-state index contributed by atoms with van der Waals surface area (Å²) in [5, 5.41) is 11.4. The Bertz CT molecular complexity index is 828. The highest BCUT2D eigenvalue weighted by molar-refractivity contribution is 6.45. The van der Waals surface area contributed by atoms with Crippen LogP contribution in [0.25, 0.3) is 10.9 Å². The minimum absolute atomic E-state index is 0.235. The van der Waals surface area contributed by atoms with Crippen LogP contribution in [0.3, 0.4) is 0 Å². The first kappa shape index (κ1) is 17.2. The third-order valence-electron chi connectivity index (χ3n) is 5.30. The van der Waals surface area contributed by atoms with Crippen molar-refractivity contribution in [1.82, 2.24) is 14.8 Å². The number of H-pyrrole nitrogens is 1. The Morgan fingerprint density at radius 1 is 1.24 bits per heavy atom. The van der Waals surface area contributed by atoms with Crippen molar-refractivity contribution in [3.05, 3.63) is 32.9 Å². The molecule has 3 heterocycles. The van der Waals surface area contributed by atoms with Crippen molar-refractivity contribution < 1.29 is 9.90 Å². The number of carbonyl (C=O) groups is 1. The molecule has 1 saturated heterocycles. The normalized spacial score (nSPS) is 18.1. The fraction of sp³-hybridized carbons (Fsp3) is 0.500. The third kappa shape index (κ3) is 3.04. The molecule has 1 fully saturated rings. The summed E-state index contributed by atoms with van der Waals surface area (Å²) in [6.45, 7) is 3.69. The second-order valence-corrected chi connectivity index (χ2v) is 7.66. The molecule has 0 aliphatic carbocycles. The number of aromatic nitrogens is 1. The zero-order valence-corrected chi connectivity index (χ0v) is 15.5. The molecule has 2 aliphatic rings. The number of aliphatic hydroxyl groups is 1. The van der Waals surface area contributed by atoms with E-state index >= 15 is 0 Å². The highest BCUT2D eigenvalue weighted by atomic mass is 35.5. The number of carbonyl (C=O) groups excluding carboxylic acids is 1. The van der Waals surface area contributed by atoms with Gasteiger partial charge in [0, 0.05) is 42.7 Å². The lowest BCUT2D eigenvalue weighted by Crippen LogP contribution is -2.37. The van der Waals surface area contributed by atoms with E-state index in [0.29, 0.717) is 23.1 Å². The van der Waals surface area contributed by atoms with Crippen LogP contribution in [0.2, 0.25) is 10.0 Å². The lowest BCUT2D eigenvalue weighted by atomic mass is 10.00. The van der Waals surface area contributed by atoms with Crippen molar-refractivity contribution in [2.24, 2.45) is 0 Å². The van der Waals surface area contributed by atoms with Crippen LogP contribution in [-0.2, 0) is 24.3 Å². The Morgan fingerprint density at radius 2 is 2.00 bits per heavy atom. The van der Waals surface area contributed by atoms with Gasteiger partial charge in [0.1, 0.15) is 6.61 Å². The lowest BCUT2D eigenvalue weighted by molar-refractivity contribution is -0.135. The molecule has 2 N–H and O–H groups in total. The van der Waals surface area contributed by atoms with E-state index in [2.05, 4.69) is 9.88 Å². The van der Waals surface area contributed by atoms with Gasteiger partial charge in [0.05, 0.1) is 15.6 Å². The second kappa shape index (κ2) is 6.80. The molecule has 0 unspecified atom stereocenters. The number of fused-ring (bicyclic) bond motifs is 3. The molecule has 0 bridgehead atoms. The minimum atomic E-state index is -0.453. The summed E-state index contributed by atoms with van der Waals surface area (Å²) in [5.74, 6) is -0.235. The van der Waals surface area contributed by atoms with E-state index in [1.54, 1.807) is 4.90 Å². The monoisotopic (exact) mass is 381 g/mol. The molecule has 5 nitrogen and oxygen atoms in total. The van der Waals surface area contributed by atoms with Crippen LogP contribution in [0.1, 0.15) is 29.7 Å². The van der Waals surface area contributed by atoms with Crippen LogP contribution in [0.15, 0.2) is 6.07 Å². The molecule has 2 aliphatic heterocycles. The molecule has 0 atom stereocenters. The minimum Gasteiger partial charge on any atom is -0.387 e. The number of likely N-dealkylation sites (tertiary alicyclic amines) is 1. The maximum atomic E-state index is 11.9. The van der Waals surface area contributed by atoms with Crippen molar-refractivity contribution in [3.63, 3.8) is 0 Å². The number of aromatic amines is 1. The van der Waals surface area contributed by atoms with Gasteiger partial charge in [0.25, 0.3) is 0 Å². The number of benzene rings is 1. The summed E-state index contributed by atoms with van der Waals surface area (Å²) in [6.07, 6.45) is 3.19. The van der Waals surface area contributed by atoms with E-state index in [1.165, 1.54) is 12.8 Å². The van der Waals surface area contributed by atoms with Crippen LogP contribution >= 0.6 is 23.2 Å².